The second kappa shape index (κ2) is 13.4. The topological polar surface area (TPSA) is 3.24 Å². The number of nitrogens with zero attached hydrogens (tertiary/aromatic N) is 1. The Bertz CT molecular complexity index is 3420. The van der Waals surface area contributed by atoms with Gasteiger partial charge in [0.25, 0.3) is 0 Å². The first-order valence-corrected chi connectivity index (χ1v) is 20.4. The van der Waals surface area contributed by atoms with E-state index in [0.717, 1.165) is 17.1 Å². The Morgan fingerprint density at radius 2 is 0.746 bits per heavy atom. The summed E-state index contributed by atoms with van der Waals surface area (Å²) < 4.78 is 0. The van der Waals surface area contributed by atoms with Crippen LogP contribution in [0.3, 0.4) is 0 Å². The summed E-state index contributed by atoms with van der Waals surface area (Å²) in [5.41, 5.74) is 15.8. The molecule has 1 nitrogen and oxygen atoms in total. The Morgan fingerprint density at radius 1 is 0.220 bits per heavy atom. The van der Waals surface area contributed by atoms with E-state index in [0.29, 0.717) is 0 Å². The Morgan fingerprint density at radius 3 is 1.53 bits per heavy atom. The molecule has 0 spiro atoms. The van der Waals surface area contributed by atoms with Crippen LogP contribution in [0.4, 0.5) is 17.1 Å². The molecule has 11 aromatic carbocycles. The van der Waals surface area contributed by atoms with E-state index in [1.807, 2.05) is 0 Å². The average molecular weight is 748 g/mol. The molecular weight excluding hydrogens is 711 g/mol. The minimum atomic E-state index is 1.10. The lowest BCUT2D eigenvalue weighted by Gasteiger charge is -2.26. The van der Waals surface area contributed by atoms with E-state index in [1.54, 1.807) is 0 Å². The van der Waals surface area contributed by atoms with E-state index in [4.69, 9.17) is 0 Å². The maximum Gasteiger partial charge on any atom is 0.0467 e. The van der Waals surface area contributed by atoms with Crippen LogP contribution in [0.1, 0.15) is 0 Å². The summed E-state index contributed by atoms with van der Waals surface area (Å²) in [6, 6.07) is 82.5. The van der Waals surface area contributed by atoms with Gasteiger partial charge in [0.2, 0.25) is 0 Å². The summed E-state index contributed by atoms with van der Waals surface area (Å²) in [6.45, 7) is 0. The molecule has 0 fully saturated rings. The second-order valence-electron chi connectivity index (χ2n) is 15.7. The van der Waals surface area contributed by atoms with Gasteiger partial charge in [0, 0.05) is 17.1 Å². The van der Waals surface area contributed by atoms with Gasteiger partial charge >= 0.3 is 0 Å². The molecule has 0 atom stereocenters. The molecule has 1 aliphatic rings. The van der Waals surface area contributed by atoms with Crippen molar-refractivity contribution in [2.75, 3.05) is 4.90 Å². The predicted octanol–water partition coefficient (Wildman–Crippen LogP) is 16.4. The Labute approximate surface area is 343 Å². The molecule has 1 aliphatic carbocycles. The van der Waals surface area contributed by atoms with Crippen molar-refractivity contribution < 1.29 is 0 Å². The van der Waals surface area contributed by atoms with E-state index in [-0.39, 0.29) is 0 Å². The van der Waals surface area contributed by atoms with E-state index in [1.165, 1.54) is 98.7 Å². The average Bonchev–Trinajstić information content (AvgIpc) is 3.63. The summed E-state index contributed by atoms with van der Waals surface area (Å²) in [7, 11) is 0. The standard InChI is InChI=1S/C58H37N/c1-3-16-50-39(9-1)11-6-18-52(50)41-25-31-48(32-26-41)59(49-15-5-14-43(36-49)44-27-33-53-46(35-44)22-21-40-10-2-4-17-51(40)53)47-29-23-38(24-30-47)45-28-34-54-55-19-7-12-42-13-8-20-56(58(42)55)57(54)37-45/h1-37H. The molecule has 0 bridgehead atoms. The fourth-order valence-corrected chi connectivity index (χ4v) is 9.51. The van der Waals surface area contributed by atoms with Gasteiger partial charge < -0.3 is 4.90 Å². The van der Waals surface area contributed by atoms with Gasteiger partial charge in [0.15, 0.2) is 0 Å². The summed E-state index contributed by atoms with van der Waals surface area (Å²) in [6.07, 6.45) is 0. The highest BCUT2D eigenvalue weighted by atomic mass is 15.1. The third kappa shape index (κ3) is 5.55. The lowest BCUT2D eigenvalue weighted by Crippen LogP contribution is -2.10. The van der Waals surface area contributed by atoms with Crippen LogP contribution in [0, 0.1) is 0 Å². The first-order chi connectivity index (χ1) is 29.2. The molecule has 0 N–H and O–H groups in total. The van der Waals surface area contributed by atoms with Gasteiger partial charge in [0.05, 0.1) is 0 Å². The monoisotopic (exact) mass is 747 g/mol. The molecular formula is C58H37N. The van der Waals surface area contributed by atoms with Crippen molar-refractivity contribution in [3.63, 3.8) is 0 Å². The van der Waals surface area contributed by atoms with Crippen LogP contribution in [0.5, 0.6) is 0 Å². The minimum Gasteiger partial charge on any atom is -0.310 e. The number of hydrogen-bond acceptors (Lipinski definition) is 1. The zero-order chi connectivity index (χ0) is 38.9. The second-order valence-corrected chi connectivity index (χ2v) is 15.7. The first kappa shape index (κ1) is 33.4. The molecule has 11 aromatic rings. The molecule has 0 aliphatic heterocycles. The smallest absolute Gasteiger partial charge is 0.0467 e. The van der Waals surface area contributed by atoms with Gasteiger partial charge in [-0.25, -0.2) is 0 Å². The van der Waals surface area contributed by atoms with E-state index < -0.39 is 0 Å². The molecule has 59 heavy (non-hydrogen) atoms. The van der Waals surface area contributed by atoms with Gasteiger partial charge in [-0.1, -0.05) is 176 Å². The third-order valence-electron chi connectivity index (χ3n) is 12.4. The van der Waals surface area contributed by atoms with Gasteiger partial charge in [-0.15, -0.1) is 0 Å². The number of anilines is 3. The zero-order valence-electron chi connectivity index (χ0n) is 32.3. The van der Waals surface area contributed by atoms with Crippen LogP contribution in [-0.2, 0) is 0 Å². The van der Waals surface area contributed by atoms with Crippen molar-refractivity contribution >= 4 is 60.2 Å². The van der Waals surface area contributed by atoms with Crippen LogP contribution >= 0.6 is 0 Å². The van der Waals surface area contributed by atoms with Crippen LogP contribution in [0.2, 0.25) is 0 Å². The van der Waals surface area contributed by atoms with Crippen molar-refractivity contribution in [3.8, 4) is 55.6 Å². The maximum atomic E-state index is 2.38. The maximum absolute atomic E-state index is 2.38. The Kier molecular flexibility index (Phi) is 7.61. The molecule has 0 amide bonds. The van der Waals surface area contributed by atoms with Gasteiger partial charge in [-0.2, -0.15) is 0 Å². The fraction of sp³-hybridized carbons (Fsp3) is 0. The lowest BCUT2D eigenvalue weighted by atomic mass is 9.96. The van der Waals surface area contributed by atoms with E-state index in [9.17, 15) is 0 Å². The molecule has 0 aromatic heterocycles. The number of benzene rings is 11. The Balaban J connectivity index is 0.946. The van der Waals surface area contributed by atoms with Crippen molar-refractivity contribution in [3.05, 3.63) is 224 Å². The highest BCUT2D eigenvalue weighted by Gasteiger charge is 2.22. The van der Waals surface area contributed by atoms with Crippen molar-refractivity contribution in [2.45, 2.75) is 0 Å². The molecule has 274 valence electrons. The molecule has 1 heteroatoms. The summed E-state index contributed by atoms with van der Waals surface area (Å²) >= 11 is 0. The summed E-state index contributed by atoms with van der Waals surface area (Å²) in [5.74, 6) is 0. The van der Waals surface area contributed by atoms with E-state index in [2.05, 4.69) is 229 Å². The van der Waals surface area contributed by atoms with Gasteiger partial charge in [0.1, 0.15) is 0 Å². The fourth-order valence-electron chi connectivity index (χ4n) is 9.51. The lowest BCUT2D eigenvalue weighted by molar-refractivity contribution is 1.28. The highest BCUT2D eigenvalue weighted by Crippen LogP contribution is 2.48. The van der Waals surface area contributed by atoms with Crippen LogP contribution in [0.25, 0.3) is 98.7 Å². The molecule has 0 saturated carbocycles. The molecule has 0 radical (unpaired) electrons. The van der Waals surface area contributed by atoms with E-state index >= 15 is 0 Å². The van der Waals surface area contributed by atoms with Gasteiger partial charge in [-0.05, 0) is 147 Å². The normalized spacial score (nSPS) is 11.7. The first-order valence-electron chi connectivity index (χ1n) is 20.4. The van der Waals surface area contributed by atoms with Crippen LogP contribution in [0.15, 0.2) is 224 Å². The SMILES string of the molecule is c1cc(-c2ccc3c(ccc4ccccc43)c2)cc(N(c2ccc(-c3ccc4c(c3)-c3cccc5cccc-4c35)cc2)c2ccc(-c3cccc4ccccc34)cc2)c1. The van der Waals surface area contributed by atoms with Crippen molar-refractivity contribution in [2.24, 2.45) is 0 Å². The predicted molar refractivity (Wildman–Crippen MR) is 252 cm³/mol. The Hall–Kier alpha value is -7.74. The van der Waals surface area contributed by atoms with Crippen molar-refractivity contribution in [1.29, 1.82) is 0 Å². The third-order valence-corrected chi connectivity index (χ3v) is 12.4. The number of rotatable bonds is 6. The van der Waals surface area contributed by atoms with Crippen LogP contribution in [-0.4, -0.2) is 0 Å². The molecule has 0 unspecified atom stereocenters. The minimum absolute atomic E-state index is 1.10. The summed E-state index contributed by atoms with van der Waals surface area (Å²) in [5, 5.41) is 10.2. The highest BCUT2D eigenvalue weighted by molar-refractivity contribution is 6.15. The quantitative estimate of drug-likeness (QED) is 0.153. The molecule has 0 heterocycles. The number of hydrogen-bond donors (Lipinski definition) is 0. The molecule has 12 rings (SSSR count). The van der Waals surface area contributed by atoms with Gasteiger partial charge in [-0.3, -0.25) is 0 Å². The van der Waals surface area contributed by atoms with Crippen LogP contribution < -0.4 is 4.90 Å². The zero-order valence-corrected chi connectivity index (χ0v) is 32.3. The molecule has 0 saturated heterocycles. The van der Waals surface area contributed by atoms with Crippen molar-refractivity contribution in [1.82, 2.24) is 0 Å². The number of fused-ring (bicyclic) bond motifs is 7. The largest absolute Gasteiger partial charge is 0.310 e. The summed E-state index contributed by atoms with van der Waals surface area (Å²) in [4.78, 5) is 2.38.